The van der Waals surface area contributed by atoms with Crippen LogP contribution >= 0.6 is 0 Å². The molecule has 0 aromatic carbocycles. The van der Waals surface area contributed by atoms with E-state index in [1.54, 1.807) is 0 Å². The highest BCUT2D eigenvalue weighted by Crippen LogP contribution is 2.13. The Kier molecular flexibility index (Phi) is 19.4. The Bertz CT molecular complexity index is 275. The van der Waals surface area contributed by atoms with Gasteiger partial charge in [0, 0.05) is 0 Å². The van der Waals surface area contributed by atoms with E-state index in [-0.39, 0.29) is 11.9 Å². The van der Waals surface area contributed by atoms with Crippen molar-refractivity contribution in [3.05, 3.63) is 0 Å². The van der Waals surface area contributed by atoms with Crippen molar-refractivity contribution in [2.45, 2.75) is 130 Å². The fraction of sp³-hybridized carbons (Fsp3) is 0.957. The lowest BCUT2D eigenvalue weighted by atomic mass is 10.0. The van der Waals surface area contributed by atoms with Gasteiger partial charge in [-0.1, -0.05) is 117 Å². The molecule has 1 unspecified atom stereocenters. The molecule has 2 heteroatoms. The first-order valence-electron chi connectivity index (χ1n) is 11.4. The number of carbonyl (C=O) groups excluding carboxylic acids is 1. The first-order valence-corrected chi connectivity index (χ1v) is 11.4. The predicted molar refractivity (Wildman–Crippen MR) is 110 cm³/mol. The Hall–Kier alpha value is -0.530. The second kappa shape index (κ2) is 19.8. The molecule has 0 aliphatic carbocycles. The monoisotopic (exact) mass is 354 g/mol. The zero-order valence-corrected chi connectivity index (χ0v) is 17.6. The number of hydrogen-bond acceptors (Lipinski definition) is 2. The SMILES string of the molecule is CCCCCCCCCCCCCCCCCCOC(=O)C(C)CC. The zero-order chi connectivity index (χ0) is 18.6. The minimum absolute atomic E-state index is 0.0246. The first-order chi connectivity index (χ1) is 12.2. The molecule has 1 atom stereocenters. The van der Waals surface area contributed by atoms with E-state index in [0.29, 0.717) is 6.61 Å². The van der Waals surface area contributed by atoms with E-state index in [2.05, 4.69) is 6.92 Å². The highest BCUT2D eigenvalue weighted by atomic mass is 16.5. The number of carbonyl (C=O) groups is 1. The molecular formula is C23H46O2. The van der Waals surface area contributed by atoms with Gasteiger partial charge in [-0.05, 0) is 12.8 Å². The normalized spacial score (nSPS) is 12.3. The standard InChI is InChI=1S/C23H46O2/c1-4-6-7-8-9-10-11-12-13-14-15-16-17-18-19-20-21-25-23(24)22(3)5-2/h22H,4-21H2,1-3H3. The summed E-state index contributed by atoms with van der Waals surface area (Å²) >= 11 is 0. The molecule has 0 rings (SSSR count). The van der Waals surface area contributed by atoms with Crippen molar-refractivity contribution in [1.29, 1.82) is 0 Å². The summed E-state index contributed by atoms with van der Waals surface area (Å²) in [6.45, 7) is 6.86. The smallest absolute Gasteiger partial charge is 0.308 e. The van der Waals surface area contributed by atoms with Crippen LogP contribution in [0.25, 0.3) is 0 Å². The number of esters is 1. The largest absolute Gasteiger partial charge is 0.465 e. The molecule has 0 aromatic heterocycles. The van der Waals surface area contributed by atoms with E-state index in [0.717, 1.165) is 12.8 Å². The molecule has 150 valence electrons. The fourth-order valence-corrected chi connectivity index (χ4v) is 3.13. The quantitative estimate of drug-likeness (QED) is 0.174. The molecule has 0 aromatic rings. The second-order valence-corrected chi connectivity index (χ2v) is 7.78. The fourth-order valence-electron chi connectivity index (χ4n) is 3.13. The summed E-state index contributed by atoms with van der Waals surface area (Å²) < 4.78 is 5.27. The molecule has 0 N–H and O–H groups in total. The highest BCUT2D eigenvalue weighted by molar-refractivity contribution is 5.71. The van der Waals surface area contributed by atoms with Crippen LogP contribution in [-0.4, -0.2) is 12.6 Å². The second-order valence-electron chi connectivity index (χ2n) is 7.78. The average molecular weight is 355 g/mol. The summed E-state index contributed by atoms with van der Waals surface area (Å²) in [5, 5.41) is 0. The number of rotatable bonds is 19. The van der Waals surface area contributed by atoms with E-state index in [1.807, 2.05) is 13.8 Å². The summed E-state index contributed by atoms with van der Waals surface area (Å²) in [4.78, 5) is 11.5. The van der Waals surface area contributed by atoms with Gasteiger partial charge in [-0.3, -0.25) is 4.79 Å². The van der Waals surface area contributed by atoms with Gasteiger partial charge in [0.2, 0.25) is 0 Å². The van der Waals surface area contributed by atoms with Crippen LogP contribution in [0.5, 0.6) is 0 Å². The number of unbranched alkanes of at least 4 members (excludes halogenated alkanes) is 15. The van der Waals surface area contributed by atoms with Crippen LogP contribution in [0.4, 0.5) is 0 Å². The van der Waals surface area contributed by atoms with Gasteiger partial charge in [0.25, 0.3) is 0 Å². The molecule has 0 aliphatic heterocycles. The third kappa shape index (κ3) is 18.1. The summed E-state index contributed by atoms with van der Waals surface area (Å²) in [6, 6.07) is 0. The third-order valence-corrected chi connectivity index (χ3v) is 5.26. The predicted octanol–water partition coefficient (Wildman–Crippen LogP) is 7.84. The molecule has 0 fully saturated rings. The highest BCUT2D eigenvalue weighted by Gasteiger charge is 2.10. The van der Waals surface area contributed by atoms with Crippen LogP contribution < -0.4 is 0 Å². The van der Waals surface area contributed by atoms with Crippen LogP contribution in [-0.2, 0) is 9.53 Å². The van der Waals surface area contributed by atoms with E-state index >= 15 is 0 Å². The molecule has 0 radical (unpaired) electrons. The molecular weight excluding hydrogens is 308 g/mol. The van der Waals surface area contributed by atoms with Gasteiger partial charge in [-0.2, -0.15) is 0 Å². The van der Waals surface area contributed by atoms with Gasteiger partial charge in [0.1, 0.15) is 0 Å². The molecule has 0 aliphatic rings. The summed E-state index contributed by atoms with van der Waals surface area (Å²) in [7, 11) is 0. The van der Waals surface area contributed by atoms with Gasteiger partial charge in [-0.25, -0.2) is 0 Å². The maximum atomic E-state index is 11.5. The van der Waals surface area contributed by atoms with Crippen molar-refractivity contribution in [3.8, 4) is 0 Å². The van der Waals surface area contributed by atoms with Crippen molar-refractivity contribution in [2.24, 2.45) is 5.92 Å². The molecule has 0 saturated carbocycles. The van der Waals surface area contributed by atoms with E-state index in [9.17, 15) is 4.79 Å². The van der Waals surface area contributed by atoms with Gasteiger partial charge >= 0.3 is 5.97 Å². The molecule has 0 spiro atoms. The Labute approximate surface area is 158 Å². The molecule has 2 nitrogen and oxygen atoms in total. The minimum Gasteiger partial charge on any atom is -0.465 e. The van der Waals surface area contributed by atoms with Crippen molar-refractivity contribution in [1.82, 2.24) is 0 Å². The number of ether oxygens (including phenoxy) is 1. The van der Waals surface area contributed by atoms with E-state index in [1.165, 1.54) is 96.3 Å². The Morgan fingerprint density at radius 2 is 1.00 bits per heavy atom. The van der Waals surface area contributed by atoms with E-state index in [4.69, 9.17) is 4.74 Å². The maximum Gasteiger partial charge on any atom is 0.308 e. The van der Waals surface area contributed by atoms with E-state index < -0.39 is 0 Å². The molecule has 0 saturated heterocycles. The van der Waals surface area contributed by atoms with Crippen molar-refractivity contribution in [3.63, 3.8) is 0 Å². The van der Waals surface area contributed by atoms with Crippen LogP contribution in [0.2, 0.25) is 0 Å². The lowest BCUT2D eigenvalue weighted by Crippen LogP contribution is -2.14. The lowest BCUT2D eigenvalue weighted by molar-refractivity contribution is -0.148. The van der Waals surface area contributed by atoms with Gasteiger partial charge in [0.15, 0.2) is 0 Å². The Balaban J connectivity index is 3.08. The van der Waals surface area contributed by atoms with Crippen molar-refractivity contribution >= 4 is 5.97 Å². The average Bonchev–Trinajstić information content (AvgIpc) is 2.63. The van der Waals surface area contributed by atoms with Gasteiger partial charge in [0.05, 0.1) is 12.5 Å². The molecule has 25 heavy (non-hydrogen) atoms. The molecule has 0 heterocycles. The molecule has 0 amide bonds. The summed E-state index contributed by atoms with van der Waals surface area (Å²) in [5.41, 5.74) is 0. The summed E-state index contributed by atoms with van der Waals surface area (Å²) in [5.74, 6) is 0.0320. The number of hydrogen-bond donors (Lipinski definition) is 0. The summed E-state index contributed by atoms with van der Waals surface area (Å²) in [6.07, 6.45) is 22.8. The Morgan fingerprint density at radius 1 is 0.640 bits per heavy atom. The van der Waals surface area contributed by atoms with Gasteiger partial charge in [-0.15, -0.1) is 0 Å². The Morgan fingerprint density at radius 3 is 1.36 bits per heavy atom. The third-order valence-electron chi connectivity index (χ3n) is 5.26. The topological polar surface area (TPSA) is 26.3 Å². The zero-order valence-electron chi connectivity index (χ0n) is 17.6. The van der Waals surface area contributed by atoms with Crippen LogP contribution in [0.1, 0.15) is 130 Å². The lowest BCUT2D eigenvalue weighted by Gasteiger charge is -2.08. The van der Waals surface area contributed by atoms with Gasteiger partial charge < -0.3 is 4.74 Å². The molecule has 0 bridgehead atoms. The first kappa shape index (κ1) is 24.5. The van der Waals surface area contributed by atoms with Crippen LogP contribution in [0.15, 0.2) is 0 Å². The minimum atomic E-state index is -0.0246. The van der Waals surface area contributed by atoms with Crippen LogP contribution in [0, 0.1) is 5.92 Å². The van der Waals surface area contributed by atoms with Crippen molar-refractivity contribution < 1.29 is 9.53 Å². The van der Waals surface area contributed by atoms with Crippen LogP contribution in [0.3, 0.4) is 0 Å². The van der Waals surface area contributed by atoms with Crippen molar-refractivity contribution in [2.75, 3.05) is 6.61 Å². The maximum absolute atomic E-state index is 11.5.